The van der Waals surface area contributed by atoms with Gasteiger partial charge in [0.05, 0.1) is 0 Å². The van der Waals surface area contributed by atoms with E-state index in [-0.39, 0.29) is 6.04 Å². The molecule has 0 spiro atoms. The van der Waals surface area contributed by atoms with Gasteiger partial charge in [0.25, 0.3) is 0 Å². The lowest BCUT2D eigenvalue weighted by atomic mass is 9.98. The minimum Gasteiger partial charge on any atom is -0.324 e. The molecule has 0 unspecified atom stereocenters. The standard InChI is InChI=1S/C12H19N/c1-4-10-6-7-12(9(3)13)8-11(10)5-2/h6-9H,4-5,13H2,1-3H3/t9-/m0/s1. The van der Waals surface area contributed by atoms with Gasteiger partial charge in [-0.05, 0) is 36.5 Å². The third kappa shape index (κ3) is 2.31. The first kappa shape index (κ1) is 10.3. The van der Waals surface area contributed by atoms with E-state index < -0.39 is 0 Å². The summed E-state index contributed by atoms with van der Waals surface area (Å²) in [7, 11) is 0. The van der Waals surface area contributed by atoms with Gasteiger partial charge in [0.2, 0.25) is 0 Å². The largest absolute Gasteiger partial charge is 0.324 e. The minimum atomic E-state index is 0.149. The van der Waals surface area contributed by atoms with E-state index in [4.69, 9.17) is 5.73 Å². The Morgan fingerprint density at radius 3 is 2.23 bits per heavy atom. The molecule has 0 heterocycles. The van der Waals surface area contributed by atoms with Gasteiger partial charge in [0, 0.05) is 6.04 Å². The predicted octanol–water partition coefficient (Wildman–Crippen LogP) is 2.83. The van der Waals surface area contributed by atoms with Crippen molar-refractivity contribution in [1.29, 1.82) is 0 Å². The van der Waals surface area contributed by atoms with Crippen LogP contribution in [0, 0.1) is 0 Å². The van der Waals surface area contributed by atoms with Crippen molar-refractivity contribution in [2.45, 2.75) is 39.7 Å². The van der Waals surface area contributed by atoms with Crippen LogP contribution in [0.2, 0.25) is 0 Å². The van der Waals surface area contributed by atoms with Gasteiger partial charge in [-0.3, -0.25) is 0 Å². The van der Waals surface area contributed by atoms with E-state index in [0.717, 1.165) is 12.8 Å². The van der Waals surface area contributed by atoms with Crippen LogP contribution in [0.15, 0.2) is 18.2 Å². The molecule has 1 aromatic rings. The summed E-state index contributed by atoms with van der Waals surface area (Å²) in [5.74, 6) is 0. The average molecular weight is 177 g/mol. The fourth-order valence-corrected chi connectivity index (χ4v) is 1.60. The van der Waals surface area contributed by atoms with Crippen molar-refractivity contribution >= 4 is 0 Å². The summed E-state index contributed by atoms with van der Waals surface area (Å²) in [5, 5.41) is 0. The zero-order valence-electron chi connectivity index (χ0n) is 8.80. The van der Waals surface area contributed by atoms with Crippen LogP contribution in [0.25, 0.3) is 0 Å². The zero-order valence-corrected chi connectivity index (χ0v) is 8.80. The highest BCUT2D eigenvalue weighted by Gasteiger charge is 2.03. The lowest BCUT2D eigenvalue weighted by Gasteiger charge is -2.11. The molecule has 0 radical (unpaired) electrons. The highest BCUT2D eigenvalue weighted by Crippen LogP contribution is 2.17. The van der Waals surface area contributed by atoms with Gasteiger partial charge in [0.1, 0.15) is 0 Å². The maximum Gasteiger partial charge on any atom is 0.0266 e. The Morgan fingerprint density at radius 2 is 1.77 bits per heavy atom. The second kappa shape index (κ2) is 4.43. The summed E-state index contributed by atoms with van der Waals surface area (Å²) >= 11 is 0. The van der Waals surface area contributed by atoms with Crippen LogP contribution in [-0.2, 0) is 12.8 Å². The number of benzene rings is 1. The fourth-order valence-electron chi connectivity index (χ4n) is 1.60. The Bertz CT molecular complexity index is 276. The quantitative estimate of drug-likeness (QED) is 0.755. The number of rotatable bonds is 3. The first-order valence-corrected chi connectivity index (χ1v) is 5.06. The molecule has 0 saturated heterocycles. The number of hydrogen-bond donors (Lipinski definition) is 1. The SMILES string of the molecule is CCc1ccc([C@H](C)N)cc1CC. The summed E-state index contributed by atoms with van der Waals surface area (Å²) in [4.78, 5) is 0. The highest BCUT2D eigenvalue weighted by atomic mass is 14.6. The molecule has 0 fully saturated rings. The van der Waals surface area contributed by atoms with Crippen molar-refractivity contribution in [2.24, 2.45) is 5.73 Å². The third-order valence-electron chi connectivity index (χ3n) is 2.52. The van der Waals surface area contributed by atoms with Gasteiger partial charge in [-0.2, -0.15) is 0 Å². The van der Waals surface area contributed by atoms with Gasteiger partial charge in [-0.15, -0.1) is 0 Å². The summed E-state index contributed by atoms with van der Waals surface area (Å²) in [6, 6.07) is 6.74. The molecule has 1 atom stereocenters. The monoisotopic (exact) mass is 177 g/mol. The normalized spacial score (nSPS) is 12.9. The van der Waals surface area contributed by atoms with Crippen molar-refractivity contribution in [1.82, 2.24) is 0 Å². The van der Waals surface area contributed by atoms with Crippen LogP contribution >= 0.6 is 0 Å². The van der Waals surface area contributed by atoms with E-state index in [1.807, 2.05) is 6.92 Å². The maximum absolute atomic E-state index is 5.83. The van der Waals surface area contributed by atoms with Crippen molar-refractivity contribution in [2.75, 3.05) is 0 Å². The molecule has 1 aromatic carbocycles. The smallest absolute Gasteiger partial charge is 0.0266 e. The van der Waals surface area contributed by atoms with Crippen molar-refractivity contribution < 1.29 is 0 Å². The van der Waals surface area contributed by atoms with E-state index in [0.29, 0.717) is 0 Å². The number of aryl methyl sites for hydroxylation is 2. The van der Waals surface area contributed by atoms with Crippen LogP contribution in [0.4, 0.5) is 0 Å². The molecule has 1 heteroatoms. The minimum absolute atomic E-state index is 0.149. The predicted molar refractivity (Wildman–Crippen MR) is 57.8 cm³/mol. The lowest BCUT2D eigenvalue weighted by molar-refractivity contribution is 0.813. The summed E-state index contributed by atoms with van der Waals surface area (Å²) in [6.07, 6.45) is 2.21. The van der Waals surface area contributed by atoms with Gasteiger partial charge < -0.3 is 5.73 Å². The molecular weight excluding hydrogens is 158 g/mol. The Morgan fingerprint density at radius 1 is 1.15 bits per heavy atom. The zero-order chi connectivity index (χ0) is 9.84. The van der Waals surface area contributed by atoms with Crippen molar-refractivity contribution in [3.8, 4) is 0 Å². The molecule has 0 aliphatic heterocycles. The van der Waals surface area contributed by atoms with Crippen LogP contribution < -0.4 is 5.73 Å². The van der Waals surface area contributed by atoms with Gasteiger partial charge in [0.15, 0.2) is 0 Å². The van der Waals surface area contributed by atoms with E-state index in [2.05, 4.69) is 32.0 Å². The van der Waals surface area contributed by atoms with Crippen molar-refractivity contribution in [3.05, 3.63) is 34.9 Å². The van der Waals surface area contributed by atoms with E-state index in [1.54, 1.807) is 0 Å². The molecule has 0 aliphatic carbocycles. The Hall–Kier alpha value is -0.820. The first-order valence-electron chi connectivity index (χ1n) is 5.06. The lowest BCUT2D eigenvalue weighted by Crippen LogP contribution is -2.06. The second-order valence-corrected chi connectivity index (χ2v) is 3.52. The molecule has 0 aromatic heterocycles. The van der Waals surface area contributed by atoms with Crippen LogP contribution in [-0.4, -0.2) is 0 Å². The average Bonchev–Trinajstić information content (AvgIpc) is 2.16. The first-order chi connectivity index (χ1) is 6.19. The third-order valence-corrected chi connectivity index (χ3v) is 2.52. The van der Waals surface area contributed by atoms with Gasteiger partial charge in [-0.25, -0.2) is 0 Å². The maximum atomic E-state index is 5.83. The summed E-state index contributed by atoms with van der Waals surface area (Å²) in [6.45, 7) is 6.42. The molecule has 1 rings (SSSR count). The molecular formula is C12H19N. The Kier molecular flexibility index (Phi) is 3.49. The molecule has 0 amide bonds. The molecule has 72 valence electrons. The van der Waals surface area contributed by atoms with E-state index in [9.17, 15) is 0 Å². The molecule has 13 heavy (non-hydrogen) atoms. The van der Waals surface area contributed by atoms with Crippen LogP contribution in [0.3, 0.4) is 0 Å². The molecule has 2 N–H and O–H groups in total. The van der Waals surface area contributed by atoms with Gasteiger partial charge in [-0.1, -0.05) is 32.0 Å². The number of nitrogens with two attached hydrogens (primary N) is 1. The Labute approximate surface area is 81.0 Å². The molecule has 0 aliphatic rings. The number of hydrogen-bond acceptors (Lipinski definition) is 1. The fraction of sp³-hybridized carbons (Fsp3) is 0.500. The van der Waals surface area contributed by atoms with Gasteiger partial charge >= 0.3 is 0 Å². The van der Waals surface area contributed by atoms with E-state index >= 15 is 0 Å². The highest BCUT2D eigenvalue weighted by molar-refractivity contribution is 5.33. The molecule has 0 saturated carbocycles. The second-order valence-electron chi connectivity index (χ2n) is 3.52. The summed E-state index contributed by atoms with van der Waals surface area (Å²) in [5.41, 5.74) is 9.97. The van der Waals surface area contributed by atoms with E-state index in [1.165, 1.54) is 16.7 Å². The Balaban J connectivity index is 3.05. The molecule has 0 bridgehead atoms. The summed E-state index contributed by atoms with van der Waals surface area (Å²) < 4.78 is 0. The topological polar surface area (TPSA) is 26.0 Å². The van der Waals surface area contributed by atoms with Crippen LogP contribution in [0.1, 0.15) is 43.5 Å². The molecule has 1 nitrogen and oxygen atoms in total. The van der Waals surface area contributed by atoms with Crippen molar-refractivity contribution in [3.63, 3.8) is 0 Å². The van der Waals surface area contributed by atoms with Crippen LogP contribution in [0.5, 0.6) is 0 Å².